The van der Waals surface area contributed by atoms with Gasteiger partial charge in [0.05, 0.1) is 11.3 Å². The lowest BCUT2D eigenvalue weighted by Gasteiger charge is -2.52. The largest absolute Gasteiger partial charge is 0.472 e. The van der Waals surface area contributed by atoms with Gasteiger partial charge in [0.1, 0.15) is 5.76 Å². The van der Waals surface area contributed by atoms with E-state index in [4.69, 9.17) is 4.42 Å². The number of rotatable bonds is 3. The van der Waals surface area contributed by atoms with Crippen molar-refractivity contribution in [3.63, 3.8) is 0 Å². The van der Waals surface area contributed by atoms with Crippen LogP contribution < -0.4 is 31.3 Å². The Labute approximate surface area is 445 Å². The summed E-state index contributed by atoms with van der Waals surface area (Å²) in [6.45, 7) is 42.1. The molecule has 13 rings (SSSR count). The summed E-state index contributed by atoms with van der Waals surface area (Å²) in [7, 11) is 0. The van der Waals surface area contributed by atoms with Crippen LogP contribution in [0, 0.1) is 17.8 Å². The van der Waals surface area contributed by atoms with Crippen LogP contribution >= 0.6 is 0 Å². The number of fused-ring (bicyclic) bond motifs is 11. The highest BCUT2D eigenvalue weighted by atomic mass is 16.3. The molecule has 4 heterocycles. The van der Waals surface area contributed by atoms with Crippen LogP contribution in [0.15, 0.2) is 95.4 Å². The third-order valence-corrected chi connectivity index (χ3v) is 21.3. The molecule has 1 aromatic heterocycles. The van der Waals surface area contributed by atoms with E-state index in [1.807, 2.05) is 0 Å². The first kappa shape index (κ1) is 48.5. The predicted molar refractivity (Wildman–Crippen MR) is 315 cm³/mol. The first-order valence-electron chi connectivity index (χ1n) is 28.8. The quantitative estimate of drug-likeness (QED) is 0.165. The van der Waals surface area contributed by atoms with Gasteiger partial charge >= 0.3 is 0 Å². The highest BCUT2D eigenvalue weighted by Crippen LogP contribution is 2.64. The fourth-order valence-electron chi connectivity index (χ4n) is 16.4. The van der Waals surface area contributed by atoms with Gasteiger partial charge in [-0.1, -0.05) is 141 Å². The van der Waals surface area contributed by atoms with Crippen molar-refractivity contribution >= 4 is 68.8 Å². The number of para-hydroxylation sites is 1. The van der Waals surface area contributed by atoms with Crippen molar-refractivity contribution in [3.05, 3.63) is 136 Å². The standard InChI is InChI=1S/C69H84BN3O/c1-41-35-53-57-54(36-41)72(44-24-26-47-49(38-44)65(8,9)30-28-63(47,4)5)58-56-60(69(16,17)34-32-67(56,12)13)74-61(58)70(57)50-40-51-45(55-59(68(14,15)33-31-66(55,10)11)73(51)42-21-19-18-20-22-42)39-52(50)71(53)43-23-25-46-48(37-43)64(6,7)29-27-62(46,2)3/h18-26,35-40,55,59H,27-34H2,1-17H3. The highest BCUT2D eigenvalue weighted by Gasteiger charge is 2.58. The molecule has 4 aliphatic carbocycles. The SMILES string of the molecule is Cc1cc2c3c(c1)N(c1ccc4c(c1)C(C)(C)CCC4(C)C)c1c(oc4c1C(C)(C)CCC4(C)C)B3c1cc3c(cc1N2c1ccc2c(c1)C(C)(C)CCC2(C)C)C1C(N3c2ccccc2)C(C)(C)CCC1(C)C. The molecule has 2 unspecified atom stereocenters. The molecule has 0 bridgehead atoms. The van der Waals surface area contributed by atoms with E-state index >= 15 is 0 Å². The monoisotopic (exact) mass is 982 g/mol. The van der Waals surface area contributed by atoms with Crippen molar-refractivity contribution in [3.8, 4) is 0 Å². The fraction of sp³-hybridized carbons (Fsp3) is 0.507. The zero-order chi connectivity index (χ0) is 52.4. The molecule has 0 N–H and O–H groups in total. The molecular formula is C69H84BN3O. The molecule has 0 amide bonds. The molecule has 5 aromatic carbocycles. The van der Waals surface area contributed by atoms with Gasteiger partial charge in [-0.3, -0.25) is 0 Å². The van der Waals surface area contributed by atoms with Gasteiger partial charge in [-0.2, -0.15) is 0 Å². The second-order valence-corrected chi connectivity index (χ2v) is 30.2. The molecule has 4 nitrogen and oxygen atoms in total. The molecule has 3 aliphatic heterocycles. The topological polar surface area (TPSA) is 22.9 Å². The molecule has 0 radical (unpaired) electrons. The Morgan fingerprint density at radius 2 is 0.973 bits per heavy atom. The lowest BCUT2D eigenvalue weighted by atomic mass is 9.35. The summed E-state index contributed by atoms with van der Waals surface area (Å²) in [5, 5.41) is 0. The summed E-state index contributed by atoms with van der Waals surface area (Å²) in [4.78, 5) is 8.24. The number of anilines is 8. The predicted octanol–water partition coefficient (Wildman–Crippen LogP) is 17.2. The van der Waals surface area contributed by atoms with E-state index in [0.29, 0.717) is 12.0 Å². The van der Waals surface area contributed by atoms with Crippen LogP contribution in [-0.4, -0.2) is 12.8 Å². The van der Waals surface area contributed by atoms with Crippen molar-refractivity contribution in [2.45, 2.75) is 214 Å². The van der Waals surface area contributed by atoms with E-state index in [1.165, 1.54) is 140 Å². The van der Waals surface area contributed by atoms with Gasteiger partial charge in [0.25, 0.3) is 6.71 Å². The van der Waals surface area contributed by atoms with Crippen LogP contribution in [0.3, 0.4) is 0 Å². The van der Waals surface area contributed by atoms with Crippen LogP contribution in [0.5, 0.6) is 0 Å². The molecule has 384 valence electrons. The zero-order valence-corrected chi connectivity index (χ0v) is 48.3. The Kier molecular flexibility index (Phi) is 9.87. The van der Waals surface area contributed by atoms with E-state index < -0.39 is 0 Å². The molecule has 1 saturated carbocycles. The van der Waals surface area contributed by atoms with Crippen molar-refractivity contribution < 1.29 is 4.42 Å². The molecule has 1 fully saturated rings. The third-order valence-electron chi connectivity index (χ3n) is 21.3. The normalized spacial score (nSPS) is 24.9. The van der Waals surface area contributed by atoms with Crippen LogP contribution in [0.2, 0.25) is 0 Å². The second kappa shape index (κ2) is 15.1. The van der Waals surface area contributed by atoms with E-state index in [2.05, 4.69) is 223 Å². The lowest BCUT2D eigenvalue weighted by Crippen LogP contribution is -2.61. The van der Waals surface area contributed by atoms with E-state index in [1.54, 1.807) is 0 Å². The van der Waals surface area contributed by atoms with Crippen molar-refractivity contribution in [2.24, 2.45) is 10.8 Å². The maximum atomic E-state index is 7.94. The Morgan fingerprint density at radius 1 is 0.459 bits per heavy atom. The number of hydrogen-bond donors (Lipinski definition) is 0. The van der Waals surface area contributed by atoms with Crippen molar-refractivity contribution in [1.29, 1.82) is 0 Å². The van der Waals surface area contributed by atoms with Crippen molar-refractivity contribution in [1.82, 2.24) is 0 Å². The Balaban J connectivity index is 1.16. The van der Waals surface area contributed by atoms with E-state index in [9.17, 15) is 0 Å². The van der Waals surface area contributed by atoms with Gasteiger partial charge < -0.3 is 19.1 Å². The Morgan fingerprint density at radius 3 is 1.57 bits per heavy atom. The van der Waals surface area contributed by atoms with Crippen LogP contribution in [0.1, 0.15) is 213 Å². The summed E-state index contributed by atoms with van der Waals surface area (Å²) < 4.78 is 7.94. The molecule has 0 spiro atoms. The van der Waals surface area contributed by atoms with Crippen molar-refractivity contribution in [2.75, 3.05) is 14.7 Å². The van der Waals surface area contributed by atoms with Gasteiger partial charge in [-0.15, -0.1) is 0 Å². The number of furan rings is 1. The van der Waals surface area contributed by atoms with Gasteiger partial charge in [0.15, 0.2) is 0 Å². The molecule has 74 heavy (non-hydrogen) atoms. The zero-order valence-electron chi connectivity index (χ0n) is 48.3. The summed E-state index contributed by atoms with van der Waals surface area (Å²) in [6, 6.07) is 37.4. The molecule has 0 saturated heterocycles. The molecular weight excluding hydrogens is 898 g/mol. The average Bonchev–Trinajstić information content (AvgIpc) is 3.93. The molecule has 2 atom stereocenters. The fourth-order valence-corrected chi connectivity index (χ4v) is 16.4. The summed E-state index contributed by atoms with van der Waals surface area (Å²) in [6.07, 6.45) is 9.34. The first-order valence-corrected chi connectivity index (χ1v) is 28.8. The first-order chi connectivity index (χ1) is 34.5. The van der Waals surface area contributed by atoms with Crippen LogP contribution in [0.25, 0.3) is 0 Å². The number of benzene rings is 5. The smallest absolute Gasteiger partial charge is 0.297 e. The van der Waals surface area contributed by atoms with Gasteiger partial charge in [-0.05, 0) is 201 Å². The number of hydrogen-bond acceptors (Lipinski definition) is 4. The summed E-state index contributed by atoms with van der Waals surface area (Å²) in [5.41, 5.74) is 24.6. The van der Waals surface area contributed by atoms with Gasteiger partial charge in [0, 0.05) is 62.7 Å². The summed E-state index contributed by atoms with van der Waals surface area (Å²) in [5.74, 6) is 1.53. The summed E-state index contributed by atoms with van der Waals surface area (Å²) >= 11 is 0. The minimum Gasteiger partial charge on any atom is -0.472 e. The molecule has 7 aliphatic rings. The molecule has 6 aromatic rings. The minimum atomic E-state index is -0.122. The Bertz CT molecular complexity index is 3360. The van der Waals surface area contributed by atoms with Gasteiger partial charge in [0.2, 0.25) is 0 Å². The third kappa shape index (κ3) is 6.64. The minimum absolute atomic E-state index is 0.0560. The second-order valence-electron chi connectivity index (χ2n) is 30.2. The van der Waals surface area contributed by atoms with Gasteiger partial charge in [-0.25, -0.2) is 0 Å². The average molecular weight is 982 g/mol. The maximum absolute atomic E-state index is 7.94. The van der Waals surface area contributed by atoms with E-state index in [0.717, 1.165) is 18.5 Å². The highest BCUT2D eigenvalue weighted by molar-refractivity contribution is 6.99. The number of nitrogens with zero attached hydrogens (tertiary/aromatic N) is 3. The van der Waals surface area contributed by atoms with Crippen LogP contribution in [0.4, 0.5) is 45.5 Å². The van der Waals surface area contributed by atoms with E-state index in [-0.39, 0.29) is 50.0 Å². The number of aryl methyl sites for hydroxylation is 1. The Hall–Kier alpha value is -5.16. The molecule has 5 heteroatoms. The maximum Gasteiger partial charge on any atom is 0.297 e. The lowest BCUT2D eigenvalue weighted by molar-refractivity contribution is 0.0818. The van der Waals surface area contributed by atoms with Crippen LogP contribution in [-0.2, 0) is 32.5 Å².